The Balaban J connectivity index is 1.41. The Hall–Kier alpha value is -2.50. The minimum atomic E-state index is 0.0336. The lowest BCUT2D eigenvalue weighted by molar-refractivity contribution is 0.0849. The number of anilines is 2. The summed E-state index contributed by atoms with van der Waals surface area (Å²) in [6.45, 7) is 2.66. The summed E-state index contributed by atoms with van der Waals surface area (Å²) in [7, 11) is 0. The van der Waals surface area contributed by atoms with Crippen LogP contribution in [0.3, 0.4) is 0 Å². The molecular weight excluding hydrogens is 304 g/mol. The van der Waals surface area contributed by atoms with Crippen molar-refractivity contribution in [1.82, 2.24) is 9.97 Å². The summed E-state index contributed by atoms with van der Waals surface area (Å²) >= 11 is 0. The van der Waals surface area contributed by atoms with Crippen molar-refractivity contribution in [2.45, 2.75) is 31.8 Å². The van der Waals surface area contributed by atoms with E-state index in [0.717, 1.165) is 48.9 Å². The average molecular weight is 326 g/mol. The third-order valence-corrected chi connectivity index (χ3v) is 4.50. The Morgan fingerprint density at radius 1 is 1.12 bits per heavy atom. The van der Waals surface area contributed by atoms with Gasteiger partial charge in [-0.25, -0.2) is 4.98 Å². The third-order valence-electron chi connectivity index (χ3n) is 4.50. The molecule has 0 spiro atoms. The number of nitrogens with zero attached hydrogens (tertiary/aromatic N) is 3. The number of benzene rings is 1. The fourth-order valence-electron chi connectivity index (χ4n) is 3.25. The highest BCUT2D eigenvalue weighted by Crippen LogP contribution is 2.32. The van der Waals surface area contributed by atoms with Crippen LogP contribution in [-0.4, -0.2) is 35.8 Å². The third kappa shape index (κ3) is 3.22. The summed E-state index contributed by atoms with van der Waals surface area (Å²) in [6, 6.07) is 9.83. The molecule has 0 amide bonds. The van der Waals surface area contributed by atoms with Gasteiger partial charge in [-0.15, -0.1) is 0 Å². The van der Waals surface area contributed by atoms with Crippen LogP contribution in [0.25, 0.3) is 0 Å². The van der Waals surface area contributed by atoms with Crippen molar-refractivity contribution in [3.63, 3.8) is 0 Å². The van der Waals surface area contributed by atoms with E-state index in [1.54, 1.807) is 0 Å². The zero-order chi connectivity index (χ0) is 16.4. The molecule has 0 saturated carbocycles. The molecular formula is C18H22N4O2. The molecule has 1 fully saturated rings. The molecule has 0 aliphatic carbocycles. The van der Waals surface area contributed by atoms with Crippen molar-refractivity contribution in [3.05, 3.63) is 36.0 Å². The average Bonchev–Trinajstić information content (AvgIpc) is 3.14. The van der Waals surface area contributed by atoms with Crippen molar-refractivity contribution >= 4 is 11.8 Å². The number of hydrogen-bond donors (Lipinski definition) is 1. The highest BCUT2D eigenvalue weighted by molar-refractivity contribution is 5.44. The van der Waals surface area contributed by atoms with E-state index >= 15 is 0 Å². The Morgan fingerprint density at radius 2 is 1.92 bits per heavy atom. The zero-order valence-corrected chi connectivity index (χ0v) is 13.6. The number of rotatable bonds is 4. The minimum Gasteiger partial charge on any atom is -0.486 e. The monoisotopic (exact) mass is 326 g/mol. The second-order valence-electron chi connectivity index (χ2n) is 6.31. The van der Waals surface area contributed by atoms with E-state index < -0.39 is 0 Å². The molecule has 2 aliphatic rings. The molecule has 1 aromatic heterocycles. The van der Waals surface area contributed by atoms with Crippen LogP contribution >= 0.6 is 0 Å². The lowest BCUT2D eigenvalue weighted by atomic mass is 10.1. The summed E-state index contributed by atoms with van der Waals surface area (Å²) in [4.78, 5) is 11.0. The van der Waals surface area contributed by atoms with E-state index in [-0.39, 0.29) is 6.10 Å². The number of hydrogen-bond acceptors (Lipinski definition) is 6. The standard InChI is InChI=1S/C18H22N4O2/c19-18-20-13(11-17(21-18)22-9-3-4-10-22)7-8-14-12-23-15-5-1-2-6-16(15)24-14/h1-2,5-6,11,14H,3-4,7-10,12H2,(H2,19,20,21)/t14-/m1/s1. The van der Waals surface area contributed by atoms with Gasteiger partial charge in [-0.2, -0.15) is 4.98 Å². The topological polar surface area (TPSA) is 73.5 Å². The molecule has 4 rings (SSSR count). The van der Waals surface area contributed by atoms with E-state index in [1.807, 2.05) is 24.3 Å². The summed E-state index contributed by atoms with van der Waals surface area (Å²) in [5.74, 6) is 2.92. The van der Waals surface area contributed by atoms with Gasteiger partial charge < -0.3 is 20.1 Å². The number of ether oxygens (including phenoxy) is 2. The van der Waals surface area contributed by atoms with Gasteiger partial charge >= 0.3 is 0 Å². The predicted molar refractivity (Wildman–Crippen MR) is 92.6 cm³/mol. The van der Waals surface area contributed by atoms with Crippen LogP contribution in [0, 0.1) is 0 Å². The number of aromatic nitrogens is 2. The van der Waals surface area contributed by atoms with Crippen molar-refractivity contribution in [3.8, 4) is 11.5 Å². The maximum atomic E-state index is 6.00. The number of fused-ring (bicyclic) bond motifs is 1. The van der Waals surface area contributed by atoms with Gasteiger partial charge in [-0.1, -0.05) is 12.1 Å². The van der Waals surface area contributed by atoms with Crippen LogP contribution < -0.4 is 20.1 Å². The molecule has 2 N–H and O–H groups in total. The van der Waals surface area contributed by atoms with Crippen LogP contribution in [0.1, 0.15) is 25.0 Å². The van der Waals surface area contributed by atoms with Crippen LogP contribution in [0.2, 0.25) is 0 Å². The Bertz CT molecular complexity index is 716. The number of aryl methyl sites for hydroxylation is 1. The van der Waals surface area contributed by atoms with Crippen molar-refractivity contribution in [1.29, 1.82) is 0 Å². The van der Waals surface area contributed by atoms with E-state index in [1.165, 1.54) is 12.8 Å². The van der Waals surface area contributed by atoms with Gasteiger partial charge in [-0.3, -0.25) is 0 Å². The molecule has 0 bridgehead atoms. The van der Waals surface area contributed by atoms with E-state index in [9.17, 15) is 0 Å². The molecule has 3 heterocycles. The van der Waals surface area contributed by atoms with E-state index in [0.29, 0.717) is 12.6 Å². The Labute approximate surface area is 141 Å². The van der Waals surface area contributed by atoms with Crippen LogP contribution in [0.4, 0.5) is 11.8 Å². The van der Waals surface area contributed by atoms with Crippen LogP contribution in [-0.2, 0) is 6.42 Å². The fraction of sp³-hybridized carbons (Fsp3) is 0.444. The molecule has 1 saturated heterocycles. The first-order valence-corrected chi connectivity index (χ1v) is 8.55. The van der Waals surface area contributed by atoms with Gasteiger partial charge in [0.25, 0.3) is 0 Å². The Kier molecular flexibility index (Phi) is 4.11. The summed E-state index contributed by atoms with van der Waals surface area (Å²) in [5, 5.41) is 0. The smallest absolute Gasteiger partial charge is 0.222 e. The summed E-state index contributed by atoms with van der Waals surface area (Å²) < 4.78 is 11.8. The normalized spacial score (nSPS) is 19.5. The minimum absolute atomic E-state index is 0.0336. The number of nitrogens with two attached hydrogens (primary N) is 1. The molecule has 0 radical (unpaired) electrons. The van der Waals surface area contributed by atoms with Crippen molar-refractivity contribution in [2.75, 3.05) is 30.3 Å². The highest BCUT2D eigenvalue weighted by Gasteiger charge is 2.21. The molecule has 6 nitrogen and oxygen atoms in total. The molecule has 1 aromatic carbocycles. The molecule has 2 aliphatic heterocycles. The van der Waals surface area contributed by atoms with Crippen LogP contribution in [0.15, 0.2) is 30.3 Å². The molecule has 6 heteroatoms. The van der Waals surface area contributed by atoms with E-state index in [2.05, 4.69) is 20.9 Å². The number of nitrogen functional groups attached to an aromatic ring is 1. The largest absolute Gasteiger partial charge is 0.486 e. The quantitative estimate of drug-likeness (QED) is 0.930. The van der Waals surface area contributed by atoms with Gasteiger partial charge in [0.15, 0.2) is 11.5 Å². The highest BCUT2D eigenvalue weighted by atomic mass is 16.6. The second-order valence-corrected chi connectivity index (χ2v) is 6.31. The first-order chi connectivity index (χ1) is 11.8. The molecule has 0 unspecified atom stereocenters. The fourth-order valence-corrected chi connectivity index (χ4v) is 3.25. The summed E-state index contributed by atoms with van der Waals surface area (Å²) in [6.07, 6.45) is 4.09. The van der Waals surface area contributed by atoms with Gasteiger partial charge in [0, 0.05) is 24.8 Å². The first-order valence-electron chi connectivity index (χ1n) is 8.55. The second kappa shape index (κ2) is 6.55. The van der Waals surface area contributed by atoms with Gasteiger partial charge in [-0.05, 0) is 37.8 Å². The molecule has 2 aromatic rings. The SMILES string of the molecule is Nc1nc(CC[C@@H]2COc3ccccc3O2)cc(N2CCCC2)n1. The van der Waals surface area contributed by atoms with Gasteiger partial charge in [0.05, 0.1) is 0 Å². The maximum absolute atomic E-state index is 6.00. The lowest BCUT2D eigenvalue weighted by Crippen LogP contribution is -2.29. The molecule has 24 heavy (non-hydrogen) atoms. The van der Waals surface area contributed by atoms with Gasteiger partial charge in [0.2, 0.25) is 5.95 Å². The number of para-hydroxylation sites is 2. The van der Waals surface area contributed by atoms with E-state index in [4.69, 9.17) is 15.2 Å². The maximum Gasteiger partial charge on any atom is 0.222 e. The van der Waals surface area contributed by atoms with Crippen molar-refractivity contribution < 1.29 is 9.47 Å². The molecule has 126 valence electrons. The molecule has 1 atom stereocenters. The van der Waals surface area contributed by atoms with Crippen molar-refractivity contribution in [2.24, 2.45) is 0 Å². The first kappa shape index (κ1) is 15.1. The van der Waals surface area contributed by atoms with Crippen LogP contribution in [0.5, 0.6) is 11.5 Å². The Morgan fingerprint density at radius 3 is 2.75 bits per heavy atom. The zero-order valence-electron chi connectivity index (χ0n) is 13.6. The van der Waals surface area contributed by atoms with Gasteiger partial charge in [0.1, 0.15) is 18.5 Å². The lowest BCUT2D eigenvalue weighted by Gasteiger charge is -2.26. The summed E-state index contributed by atoms with van der Waals surface area (Å²) in [5.41, 5.74) is 6.86. The predicted octanol–water partition coefficient (Wildman–Crippen LogP) is 2.43.